The SMILES string of the molecule is C=CC(=O)N1CC[CH]CC1. The molecule has 0 aromatic rings. The zero-order valence-electron chi connectivity index (χ0n) is 6.05. The Morgan fingerprint density at radius 2 is 2.10 bits per heavy atom. The standard InChI is InChI=1S/C8H12NO/c1-2-8(10)9-6-4-3-5-7-9/h2-3H,1,4-7H2. The van der Waals surface area contributed by atoms with Crippen molar-refractivity contribution in [2.75, 3.05) is 13.1 Å². The van der Waals surface area contributed by atoms with Crippen molar-refractivity contribution in [1.29, 1.82) is 0 Å². The third kappa shape index (κ3) is 1.59. The van der Waals surface area contributed by atoms with Gasteiger partial charge in [0.05, 0.1) is 0 Å². The Labute approximate surface area is 61.5 Å². The van der Waals surface area contributed by atoms with E-state index in [1.54, 1.807) is 0 Å². The first-order valence-corrected chi connectivity index (χ1v) is 3.57. The summed E-state index contributed by atoms with van der Waals surface area (Å²) in [6.45, 7) is 5.17. The summed E-state index contributed by atoms with van der Waals surface area (Å²) in [5.74, 6) is 0.0631. The zero-order chi connectivity index (χ0) is 7.40. The molecule has 2 nitrogen and oxygen atoms in total. The lowest BCUT2D eigenvalue weighted by Crippen LogP contribution is -2.34. The minimum absolute atomic E-state index is 0.0631. The molecule has 0 aliphatic carbocycles. The number of amides is 1. The minimum Gasteiger partial charge on any atom is -0.339 e. The van der Waals surface area contributed by atoms with Crippen LogP contribution in [0.2, 0.25) is 0 Å². The second-order valence-electron chi connectivity index (χ2n) is 2.40. The zero-order valence-corrected chi connectivity index (χ0v) is 6.05. The molecule has 1 radical (unpaired) electrons. The van der Waals surface area contributed by atoms with Crippen LogP contribution in [0.3, 0.4) is 0 Å². The molecule has 0 saturated carbocycles. The number of likely N-dealkylation sites (tertiary alicyclic amines) is 1. The molecule has 10 heavy (non-hydrogen) atoms. The van der Waals surface area contributed by atoms with Gasteiger partial charge in [-0.3, -0.25) is 4.79 Å². The number of hydrogen-bond acceptors (Lipinski definition) is 1. The summed E-state index contributed by atoms with van der Waals surface area (Å²) in [6.07, 6.45) is 5.65. The van der Waals surface area contributed by atoms with E-state index in [9.17, 15) is 4.79 Å². The van der Waals surface area contributed by atoms with E-state index in [0.717, 1.165) is 25.9 Å². The van der Waals surface area contributed by atoms with Crippen molar-refractivity contribution in [3.05, 3.63) is 19.1 Å². The molecule has 0 unspecified atom stereocenters. The maximum absolute atomic E-state index is 11.0. The predicted octanol–water partition coefficient (Wildman–Crippen LogP) is 0.999. The van der Waals surface area contributed by atoms with E-state index in [1.807, 2.05) is 4.90 Å². The molecule has 1 saturated heterocycles. The van der Waals surface area contributed by atoms with Gasteiger partial charge in [-0.25, -0.2) is 0 Å². The third-order valence-electron chi connectivity index (χ3n) is 1.69. The molecule has 0 spiro atoms. The molecule has 0 bridgehead atoms. The molecular formula is C8H12NO. The van der Waals surface area contributed by atoms with Crippen molar-refractivity contribution < 1.29 is 4.79 Å². The quantitative estimate of drug-likeness (QED) is 0.495. The van der Waals surface area contributed by atoms with Crippen molar-refractivity contribution in [3.8, 4) is 0 Å². The Balaban J connectivity index is 2.38. The summed E-state index contributed by atoms with van der Waals surface area (Å²) in [5, 5.41) is 0. The Kier molecular flexibility index (Phi) is 2.49. The van der Waals surface area contributed by atoms with Gasteiger partial charge in [-0.1, -0.05) is 6.58 Å². The van der Waals surface area contributed by atoms with Gasteiger partial charge < -0.3 is 4.90 Å². The Bertz CT molecular complexity index is 136. The Morgan fingerprint density at radius 1 is 1.50 bits per heavy atom. The van der Waals surface area contributed by atoms with Gasteiger partial charge in [0.15, 0.2) is 0 Å². The minimum atomic E-state index is 0.0631. The van der Waals surface area contributed by atoms with E-state index >= 15 is 0 Å². The van der Waals surface area contributed by atoms with Crippen LogP contribution < -0.4 is 0 Å². The molecule has 0 N–H and O–H groups in total. The number of nitrogens with zero attached hydrogens (tertiary/aromatic N) is 1. The molecular weight excluding hydrogens is 126 g/mol. The maximum Gasteiger partial charge on any atom is 0.245 e. The highest BCUT2D eigenvalue weighted by Gasteiger charge is 2.12. The van der Waals surface area contributed by atoms with Crippen LogP contribution in [-0.2, 0) is 4.79 Å². The second kappa shape index (κ2) is 3.40. The monoisotopic (exact) mass is 138 g/mol. The first-order chi connectivity index (χ1) is 4.84. The molecule has 2 heteroatoms. The molecule has 55 valence electrons. The van der Waals surface area contributed by atoms with Crippen LogP contribution in [0.25, 0.3) is 0 Å². The Morgan fingerprint density at radius 3 is 2.60 bits per heavy atom. The van der Waals surface area contributed by atoms with Gasteiger partial charge in [-0.2, -0.15) is 0 Å². The number of carbonyl (C=O) groups is 1. The van der Waals surface area contributed by atoms with Gasteiger partial charge in [0.25, 0.3) is 0 Å². The van der Waals surface area contributed by atoms with Crippen LogP contribution in [0.5, 0.6) is 0 Å². The normalized spacial score (nSPS) is 18.6. The number of rotatable bonds is 1. The van der Waals surface area contributed by atoms with Gasteiger partial charge in [0.1, 0.15) is 0 Å². The van der Waals surface area contributed by atoms with Crippen molar-refractivity contribution in [1.82, 2.24) is 4.90 Å². The fourth-order valence-corrected chi connectivity index (χ4v) is 1.10. The molecule has 1 heterocycles. The highest BCUT2D eigenvalue weighted by Crippen LogP contribution is 2.07. The lowest BCUT2D eigenvalue weighted by Gasteiger charge is -2.24. The van der Waals surface area contributed by atoms with Crippen LogP contribution in [0.1, 0.15) is 12.8 Å². The largest absolute Gasteiger partial charge is 0.339 e. The van der Waals surface area contributed by atoms with E-state index in [1.165, 1.54) is 6.08 Å². The first kappa shape index (κ1) is 7.32. The fourth-order valence-electron chi connectivity index (χ4n) is 1.10. The summed E-state index contributed by atoms with van der Waals surface area (Å²) in [7, 11) is 0. The summed E-state index contributed by atoms with van der Waals surface area (Å²) in [5.41, 5.74) is 0. The van der Waals surface area contributed by atoms with Crippen LogP contribution >= 0.6 is 0 Å². The average molecular weight is 138 g/mol. The molecule has 1 fully saturated rings. The van der Waals surface area contributed by atoms with Gasteiger partial charge in [0.2, 0.25) is 5.91 Å². The average Bonchev–Trinajstić information content (AvgIpc) is 2.05. The number of carbonyl (C=O) groups excluding carboxylic acids is 1. The van der Waals surface area contributed by atoms with Gasteiger partial charge >= 0.3 is 0 Å². The lowest BCUT2D eigenvalue weighted by molar-refractivity contribution is -0.126. The highest BCUT2D eigenvalue weighted by molar-refractivity contribution is 5.87. The van der Waals surface area contributed by atoms with Crippen LogP contribution in [0.15, 0.2) is 12.7 Å². The summed E-state index contributed by atoms with van der Waals surface area (Å²) in [6, 6.07) is 0. The predicted molar refractivity (Wildman–Crippen MR) is 40.3 cm³/mol. The molecule has 0 aromatic carbocycles. The van der Waals surface area contributed by atoms with E-state index < -0.39 is 0 Å². The second-order valence-corrected chi connectivity index (χ2v) is 2.40. The summed E-state index contributed by atoms with van der Waals surface area (Å²) in [4.78, 5) is 12.8. The topological polar surface area (TPSA) is 20.3 Å². The maximum atomic E-state index is 11.0. The van der Waals surface area contributed by atoms with E-state index in [0.29, 0.717) is 0 Å². The smallest absolute Gasteiger partial charge is 0.245 e. The summed E-state index contributed by atoms with van der Waals surface area (Å²) < 4.78 is 0. The van der Waals surface area contributed by atoms with Gasteiger partial charge in [-0.15, -0.1) is 0 Å². The number of hydrogen-bond donors (Lipinski definition) is 0. The molecule has 0 aromatic heterocycles. The molecule has 1 aliphatic heterocycles. The Hall–Kier alpha value is -0.790. The molecule has 1 aliphatic rings. The van der Waals surface area contributed by atoms with E-state index in [2.05, 4.69) is 13.0 Å². The van der Waals surface area contributed by atoms with Crippen LogP contribution in [-0.4, -0.2) is 23.9 Å². The van der Waals surface area contributed by atoms with Crippen molar-refractivity contribution in [3.63, 3.8) is 0 Å². The van der Waals surface area contributed by atoms with E-state index in [4.69, 9.17) is 0 Å². The summed E-state index contributed by atoms with van der Waals surface area (Å²) >= 11 is 0. The third-order valence-corrected chi connectivity index (χ3v) is 1.69. The molecule has 1 rings (SSSR count). The van der Waals surface area contributed by atoms with E-state index in [-0.39, 0.29) is 5.91 Å². The van der Waals surface area contributed by atoms with Crippen molar-refractivity contribution in [2.45, 2.75) is 12.8 Å². The van der Waals surface area contributed by atoms with Crippen molar-refractivity contribution in [2.24, 2.45) is 0 Å². The van der Waals surface area contributed by atoms with Gasteiger partial charge in [-0.05, 0) is 25.3 Å². The van der Waals surface area contributed by atoms with Crippen LogP contribution in [0, 0.1) is 6.42 Å². The first-order valence-electron chi connectivity index (χ1n) is 3.57. The lowest BCUT2D eigenvalue weighted by atomic mass is 10.1. The highest BCUT2D eigenvalue weighted by atomic mass is 16.2. The fraction of sp³-hybridized carbons (Fsp3) is 0.500. The molecule has 1 amide bonds. The van der Waals surface area contributed by atoms with Crippen molar-refractivity contribution >= 4 is 5.91 Å². The number of piperidine rings is 1. The van der Waals surface area contributed by atoms with Gasteiger partial charge in [0, 0.05) is 13.1 Å². The van der Waals surface area contributed by atoms with Crippen LogP contribution in [0.4, 0.5) is 0 Å². The molecule has 0 atom stereocenters.